The van der Waals surface area contributed by atoms with Gasteiger partial charge in [0, 0.05) is 11.8 Å². The molecule has 1 aromatic heterocycles. The third-order valence-corrected chi connectivity index (χ3v) is 6.52. The van der Waals surface area contributed by atoms with Crippen molar-refractivity contribution < 1.29 is 19.0 Å². The average Bonchev–Trinajstić information content (AvgIpc) is 3.24. The van der Waals surface area contributed by atoms with Gasteiger partial charge in [0.25, 0.3) is 11.5 Å². The Bertz CT molecular complexity index is 1670. The van der Waals surface area contributed by atoms with Crippen molar-refractivity contribution >= 4 is 34.6 Å². The maximum atomic E-state index is 13.6. The molecule has 0 aliphatic rings. The molecule has 1 heterocycles. The summed E-state index contributed by atoms with van der Waals surface area (Å²) in [7, 11) is 4.60. The first-order valence-electron chi connectivity index (χ1n) is 11.1. The highest BCUT2D eigenvalue weighted by Gasteiger charge is 2.17. The van der Waals surface area contributed by atoms with Gasteiger partial charge in [-0.1, -0.05) is 30.3 Å². The van der Waals surface area contributed by atoms with Gasteiger partial charge in [0.2, 0.25) is 0 Å². The molecule has 4 aromatic rings. The normalized spacial score (nSPS) is 11.9. The van der Waals surface area contributed by atoms with Crippen LogP contribution in [-0.2, 0) is 4.79 Å². The Morgan fingerprint density at radius 3 is 2.38 bits per heavy atom. The number of para-hydroxylation sites is 1. The lowest BCUT2D eigenvalue weighted by molar-refractivity contribution is -0.111. The summed E-state index contributed by atoms with van der Waals surface area (Å²) in [5.74, 6) is 0.987. The Labute approximate surface area is 216 Å². The monoisotopic (exact) mass is 513 g/mol. The van der Waals surface area contributed by atoms with Gasteiger partial charge < -0.3 is 19.5 Å². The van der Waals surface area contributed by atoms with Gasteiger partial charge in [-0.15, -0.1) is 11.3 Å². The lowest BCUT2D eigenvalue weighted by atomic mass is 10.2. The summed E-state index contributed by atoms with van der Waals surface area (Å²) in [6.07, 6.45) is 1.69. The lowest BCUT2D eigenvalue weighted by Crippen LogP contribution is -2.32. The molecule has 0 saturated heterocycles. The van der Waals surface area contributed by atoms with E-state index in [1.807, 2.05) is 12.1 Å². The molecule has 37 heavy (non-hydrogen) atoms. The molecule has 9 heteroatoms. The summed E-state index contributed by atoms with van der Waals surface area (Å²) in [5, 5.41) is 12.7. The second-order valence-corrected chi connectivity index (χ2v) is 8.71. The summed E-state index contributed by atoms with van der Waals surface area (Å²) >= 11 is 1.06. The number of ether oxygens (including phenoxy) is 3. The van der Waals surface area contributed by atoms with Crippen LogP contribution in [0.15, 0.2) is 77.6 Å². The predicted octanol–water partition coefficient (Wildman–Crippen LogP) is 3.07. The average molecular weight is 514 g/mol. The number of thiazole rings is 1. The molecule has 186 valence electrons. The molecular weight excluding hydrogens is 490 g/mol. The topological polar surface area (TPSA) is 103 Å². The Morgan fingerprint density at radius 1 is 0.946 bits per heavy atom. The van der Waals surface area contributed by atoms with Crippen LogP contribution in [0.3, 0.4) is 0 Å². The van der Waals surface area contributed by atoms with E-state index in [1.54, 1.807) is 79.9 Å². The minimum Gasteiger partial charge on any atom is -0.497 e. The van der Waals surface area contributed by atoms with Crippen LogP contribution >= 0.6 is 11.3 Å². The highest BCUT2D eigenvalue weighted by Crippen LogP contribution is 2.27. The number of benzene rings is 3. The van der Waals surface area contributed by atoms with Crippen molar-refractivity contribution in [1.29, 1.82) is 5.26 Å². The minimum atomic E-state index is -0.639. The fourth-order valence-electron chi connectivity index (χ4n) is 3.65. The van der Waals surface area contributed by atoms with E-state index >= 15 is 0 Å². The van der Waals surface area contributed by atoms with E-state index in [0.29, 0.717) is 38.7 Å². The van der Waals surface area contributed by atoms with Gasteiger partial charge in [-0.25, -0.2) is 0 Å². The predicted molar refractivity (Wildman–Crippen MR) is 143 cm³/mol. The number of hydrogen-bond donors (Lipinski definition) is 1. The van der Waals surface area contributed by atoms with Crippen LogP contribution in [0.5, 0.6) is 17.2 Å². The first kappa shape index (κ1) is 25.3. The van der Waals surface area contributed by atoms with E-state index in [0.717, 1.165) is 11.3 Å². The van der Waals surface area contributed by atoms with E-state index in [2.05, 4.69) is 5.32 Å². The number of hydrogen-bond acceptors (Lipinski definition) is 7. The third-order valence-electron chi connectivity index (χ3n) is 5.42. The summed E-state index contributed by atoms with van der Waals surface area (Å²) in [4.78, 5) is 26.8. The molecule has 0 spiro atoms. The Morgan fingerprint density at radius 2 is 1.70 bits per heavy atom. The molecule has 8 nitrogen and oxygen atoms in total. The van der Waals surface area contributed by atoms with E-state index in [1.165, 1.54) is 18.8 Å². The quantitative estimate of drug-likeness (QED) is 0.408. The van der Waals surface area contributed by atoms with E-state index in [9.17, 15) is 14.9 Å². The van der Waals surface area contributed by atoms with Crippen molar-refractivity contribution in [2.24, 2.45) is 0 Å². The number of amides is 1. The van der Waals surface area contributed by atoms with Crippen LogP contribution in [-0.4, -0.2) is 31.8 Å². The van der Waals surface area contributed by atoms with Crippen molar-refractivity contribution in [3.05, 3.63) is 97.9 Å². The maximum absolute atomic E-state index is 13.6. The van der Waals surface area contributed by atoms with Crippen LogP contribution in [0.25, 0.3) is 17.3 Å². The molecule has 0 unspecified atom stereocenters. The molecule has 0 fully saturated rings. The zero-order chi connectivity index (χ0) is 26.4. The van der Waals surface area contributed by atoms with Gasteiger partial charge in [0.1, 0.15) is 16.5 Å². The maximum Gasteiger partial charge on any atom is 0.273 e. The Hall–Kier alpha value is -4.81. The largest absolute Gasteiger partial charge is 0.497 e. The highest BCUT2D eigenvalue weighted by molar-refractivity contribution is 7.07. The van der Waals surface area contributed by atoms with Gasteiger partial charge >= 0.3 is 0 Å². The number of anilines is 1. The first-order valence-corrected chi connectivity index (χ1v) is 11.9. The molecule has 0 saturated carbocycles. The van der Waals surface area contributed by atoms with Crippen LogP contribution in [0.2, 0.25) is 0 Å². The molecule has 0 bridgehead atoms. The Balaban J connectivity index is 1.92. The second kappa shape index (κ2) is 11.3. The second-order valence-electron chi connectivity index (χ2n) is 7.68. The Kier molecular flexibility index (Phi) is 7.71. The van der Waals surface area contributed by atoms with Crippen molar-refractivity contribution in [2.45, 2.75) is 0 Å². The molecule has 0 radical (unpaired) electrons. The SMILES string of the molecule is COc1cccc(NC(=O)C(C#N)=c2sc(=Cc3ccc(OC)c(OC)c3)c(=O)n2-c2ccccc2)c1. The minimum absolute atomic E-state index is 0.194. The van der Waals surface area contributed by atoms with Gasteiger partial charge in [0.15, 0.2) is 17.1 Å². The summed E-state index contributed by atoms with van der Waals surface area (Å²) < 4.78 is 17.8. The van der Waals surface area contributed by atoms with Crippen molar-refractivity contribution in [1.82, 2.24) is 4.57 Å². The van der Waals surface area contributed by atoms with E-state index in [-0.39, 0.29) is 15.8 Å². The van der Waals surface area contributed by atoms with Crippen LogP contribution in [0.4, 0.5) is 5.69 Å². The van der Waals surface area contributed by atoms with Crippen LogP contribution in [0, 0.1) is 11.3 Å². The summed E-state index contributed by atoms with van der Waals surface area (Å²) in [6.45, 7) is 0. The fraction of sp³-hybridized carbons (Fsp3) is 0.107. The third kappa shape index (κ3) is 5.39. The van der Waals surface area contributed by atoms with Gasteiger partial charge in [-0.3, -0.25) is 14.2 Å². The standard InChI is InChI=1S/C28H23N3O5S/c1-34-21-11-7-8-19(16-21)30-26(32)22(17-29)28-31(20-9-5-4-6-10-20)27(33)25(37-28)15-18-12-13-23(35-2)24(14-18)36-3/h4-16H,1-3H3,(H,30,32). The number of nitrogens with zero attached hydrogens (tertiary/aromatic N) is 2. The lowest BCUT2D eigenvalue weighted by Gasteiger charge is -2.07. The van der Waals surface area contributed by atoms with Crippen molar-refractivity contribution in [3.8, 4) is 29.0 Å². The van der Waals surface area contributed by atoms with Crippen LogP contribution in [0.1, 0.15) is 5.56 Å². The number of rotatable bonds is 7. The zero-order valence-corrected chi connectivity index (χ0v) is 21.2. The van der Waals surface area contributed by atoms with E-state index in [4.69, 9.17) is 14.2 Å². The van der Waals surface area contributed by atoms with Crippen molar-refractivity contribution in [3.63, 3.8) is 0 Å². The van der Waals surface area contributed by atoms with Gasteiger partial charge in [0.05, 0.1) is 31.5 Å². The highest BCUT2D eigenvalue weighted by atomic mass is 32.1. The summed E-state index contributed by atoms with van der Waals surface area (Å²) in [6, 6.07) is 22.9. The number of aromatic nitrogens is 1. The smallest absolute Gasteiger partial charge is 0.273 e. The van der Waals surface area contributed by atoms with Crippen molar-refractivity contribution in [2.75, 3.05) is 26.6 Å². The molecule has 1 amide bonds. The molecule has 3 aromatic carbocycles. The number of nitrogens with one attached hydrogen (secondary N) is 1. The molecule has 0 aliphatic heterocycles. The van der Waals surface area contributed by atoms with Gasteiger partial charge in [-0.2, -0.15) is 5.26 Å². The number of methoxy groups -OCH3 is 3. The molecular formula is C28H23N3O5S. The van der Waals surface area contributed by atoms with Gasteiger partial charge in [-0.05, 0) is 48.0 Å². The molecule has 4 rings (SSSR count). The zero-order valence-electron chi connectivity index (χ0n) is 20.3. The number of carbonyl (C=O) groups excluding carboxylic acids is 1. The summed E-state index contributed by atoms with van der Waals surface area (Å²) in [5.41, 5.74) is 1.14. The first-order chi connectivity index (χ1) is 18.0. The number of carbonyl (C=O) groups is 1. The molecule has 0 atom stereocenters. The molecule has 1 N–H and O–H groups in total. The van der Waals surface area contributed by atoms with E-state index < -0.39 is 5.91 Å². The fourth-order valence-corrected chi connectivity index (χ4v) is 4.75. The number of nitriles is 1. The van der Waals surface area contributed by atoms with Crippen LogP contribution < -0.4 is 34.3 Å². The molecule has 0 aliphatic carbocycles.